The molecule has 0 bridgehead atoms. The zero-order chi connectivity index (χ0) is 18.8. The number of benzene rings is 2. The molecule has 140 valence electrons. The van der Waals surface area contributed by atoms with Crippen LogP contribution in [0.2, 0.25) is 0 Å². The van der Waals surface area contributed by atoms with E-state index >= 15 is 0 Å². The Morgan fingerprint density at radius 1 is 1.19 bits per heavy atom. The summed E-state index contributed by atoms with van der Waals surface area (Å²) in [5, 5.41) is 4.16. The number of hydrogen-bond acceptors (Lipinski definition) is 2. The predicted octanol–water partition coefficient (Wildman–Crippen LogP) is 4.43. The van der Waals surface area contributed by atoms with Gasteiger partial charge in [0.25, 0.3) is 5.91 Å². The van der Waals surface area contributed by atoms with Crippen molar-refractivity contribution < 1.29 is 4.79 Å². The van der Waals surface area contributed by atoms with Crippen molar-refractivity contribution in [3.05, 3.63) is 70.3 Å². The summed E-state index contributed by atoms with van der Waals surface area (Å²) < 4.78 is 1.01. The van der Waals surface area contributed by atoms with Crippen LogP contribution in [0.4, 0.5) is 0 Å². The van der Waals surface area contributed by atoms with Gasteiger partial charge < -0.3 is 10.3 Å². The third kappa shape index (κ3) is 4.25. The smallest absolute Gasteiger partial charge is 0.267 e. The van der Waals surface area contributed by atoms with Crippen molar-refractivity contribution in [1.82, 2.24) is 15.2 Å². The van der Waals surface area contributed by atoms with Gasteiger partial charge in [0.15, 0.2) is 0 Å². The topological polar surface area (TPSA) is 48.1 Å². The molecule has 2 atom stereocenters. The number of nitrogens with zero attached hydrogens (tertiary/aromatic N) is 1. The van der Waals surface area contributed by atoms with E-state index in [4.69, 9.17) is 0 Å². The van der Waals surface area contributed by atoms with Crippen molar-refractivity contribution in [2.45, 2.75) is 13.5 Å². The molecule has 0 aliphatic carbocycles. The van der Waals surface area contributed by atoms with E-state index in [2.05, 4.69) is 68.4 Å². The fourth-order valence-corrected chi connectivity index (χ4v) is 4.30. The van der Waals surface area contributed by atoms with Crippen molar-refractivity contribution in [3.63, 3.8) is 0 Å². The summed E-state index contributed by atoms with van der Waals surface area (Å²) in [6.07, 6.45) is 0. The first-order valence-electron chi connectivity index (χ1n) is 9.41. The lowest BCUT2D eigenvalue weighted by atomic mass is 9.98. The second-order valence-electron chi connectivity index (χ2n) is 7.54. The zero-order valence-corrected chi connectivity index (χ0v) is 17.0. The van der Waals surface area contributed by atoms with E-state index < -0.39 is 0 Å². The number of nitrogens with one attached hydrogen (secondary N) is 2. The van der Waals surface area contributed by atoms with E-state index in [0.29, 0.717) is 24.1 Å². The number of H-pyrrole nitrogens is 1. The van der Waals surface area contributed by atoms with Crippen LogP contribution in [0.5, 0.6) is 0 Å². The van der Waals surface area contributed by atoms with Gasteiger partial charge in [0.1, 0.15) is 5.69 Å². The van der Waals surface area contributed by atoms with Crippen LogP contribution in [0.1, 0.15) is 23.0 Å². The zero-order valence-electron chi connectivity index (χ0n) is 15.4. The van der Waals surface area contributed by atoms with Crippen molar-refractivity contribution in [2.24, 2.45) is 11.8 Å². The lowest BCUT2D eigenvalue weighted by Crippen LogP contribution is -2.32. The summed E-state index contributed by atoms with van der Waals surface area (Å²) >= 11 is 3.47. The summed E-state index contributed by atoms with van der Waals surface area (Å²) in [7, 11) is 0. The van der Waals surface area contributed by atoms with E-state index in [1.807, 2.05) is 24.3 Å². The lowest BCUT2D eigenvalue weighted by molar-refractivity contribution is 0.0941. The number of hydrogen-bond donors (Lipinski definition) is 2. The van der Waals surface area contributed by atoms with E-state index in [0.717, 1.165) is 35.0 Å². The first-order valence-corrected chi connectivity index (χ1v) is 10.2. The van der Waals surface area contributed by atoms with Gasteiger partial charge in [-0.3, -0.25) is 9.69 Å². The molecule has 1 aliphatic rings. The lowest BCUT2D eigenvalue weighted by Gasteiger charge is -2.16. The Morgan fingerprint density at radius 3 is 2.81 bits per heavy atom. The minimum atomic E-state index is -0.0315. The van der Waals surface area contributed by atoms with Crippen molar-refractivity contribution in [1.29, 1.82) is 0 Å². The van der Waals surface area contributed by atoms with Crippen LogP contribution >= 0.6 is 15.9 Å². The SMILES string of the molecule is CC1CN(Cc2ccccc2)CC1CNC(=O)c1cc2cc(Br)ccc2[nH]1. The molecule has 2 N–H and O–H groups in total. The molecule has 1 saturated heterocycles. The van der Waals surface area contributed by atoms with E-state index in [9.17, 15) is 4.79 Å². The highest BCUT2D eigenvalue weighted by atomic mass is 79.9. The fraction of sp³-hybridized carbons (Fsp3) is 0.318. The van der Waals surface area contributed by atoms with E-state index in [1.165, 1.54) is 5.56 Å². The highest BCUT2D eigenvalue weighted by molar-refractivity contribution is 9.10. The number of carbonyl (C=O) groups excluding carboxylic acids is 1. The highest BCUT2D eigenvalue weighted by Gasteiger charge is 2.29. The van der Waals surface area contributed by atoms with Gasteiger partial charge in [-0.15, -0.1) is 0 Å². The number of fused-ring (bicyclic) bond motifs is 1. The minimum absolute atomic E-state index is 0.0315. The first kappa shape index (κ1) is 18.3. The van der Waals surface area contributed by atoms with Gasteiger partial charge in [0.05, 0.1) is 0 Å². The van der Waals surface area contributed by atoms with Gasteiger partial charge in [-0.25, -0.2) is 0 Å². The minimum Gasteiger partial charge on any atom is -0.351 e. The van der Waals surface area contributed by atoms with Crippen molar-refractivity contribution in [2.75, 3.05) is 19.6 Å². The summed E-state index contributed by atoms with van der Waals surface area (Å²) in [4.78, 5) is 18.3. The molecule has 4 nitrogen and oxygen atoms in total. The third-order valence-corrected chi connectivity index (χ3v) is 5.94. The molecule has 1 amide bonds. The summed E-state index contributed by atoms with van der Waals surface area (Å²) in [5.74, 6) is 1.03. The molecule has 4 rings (SSSR count). The molecule has 2 unspecified atom stereocenters. The van der Waals surface area contributed by atoms with Crippen LogP contribution in [-0.2, 0) is 6.54 Å². The maximum Gasteiger partial charge on any atom is 0.267 e. The van der Waals surface area contributed by atoms with Crippen LogP contribution in [0.25, 0.3) is 10.9 Å². The number of likely N-dealkylation sites (tertiary alicyclic amines) is 1. The second kappa shape index (κ2) is 7.87. The highest BCUT2D eigenvalue weighted by Crippen LogP contribution is 2.24. The molecule has 1 fully saturated rings. The monoisotopic (exact) mass is 425 g/mol. The van der Waals surface area contributed by atoms with Crippen LogP contribution in [0.15, 0.2) is 59.1 Å². The van der Waals surface area contributed by atoms with Crippen molar-refractivity contribution in [3.8, 4) is 0 Å². The van der Waals surface area contributed by atoms with Gasteiger partial charge in [-0.05, 0) is 41.7 Å². The molecule has 2 heterocycles. The Labute approximate surface area is 168 Å². The molecule has 5 heteroatoms. The Morgan fingerprint density at radius 2 is 2.00 bits per heavy atom. The summed E-state index contributed by atoms with van der Waals surface area (Å²) in [5.41, 5.74) is 2.94. The Bertz CT molecular complexity index is 937. The van der Waals surface area contributed by atoms with Crippen LogP contribution < -0.4 is 5.32 Å². The van der Waals surface area contributed by atoms with Crippen molar-refractivity contribution >= 4 is 32.7 Å². The van der Waals surface area contributed by atoms with E-state index in [1.54, 1.807) is 0 Å². The van der Waals surface area contributed by atoms with E-state index in [-0.39, 0.29) is 5.91 Å². The number of aromatic nitrogens is 1. The molecule has 0 saturated carbocycles. The molecule has 3 aromatic rings. The molecule has 1 aliphatic heterocycles. The normalized spacial score (nSPS) is 20.2. The van der Waals surface area contributed by atoms with Gasteiger partial charge in [-0.2, -0.15) is 0 Å². The van der Waals surface area contributed by atoms with Crippen LogP contribution in [0.3, 0.4) is 0 Å². The van der Waals surface area contributed by atoms with Crippen LogP contribution in [0, 0.1) is 11.8 Å². The van der Waals surface area contributed by atoms with Gasteiger partial charge in [0.2, 0.25) is 0 Å². The summed E-state index contributed by atoms with van der Waals surface area (Å²) in [6.45, 7) is 6.07. The van der Waals surface area contributed by atoms with Gasteiger partial charge in [-0.1, -0.05) is 53.2 Å². The second-order valence-corrected chi connectivity index (χ2v) is 8.46. The number of rotatable bonds is 5. The fourth-order valence-electron chi connectivity index (χ4n) is 3.92. The molecular weight excluding hydrogens is 402 g/mol. The number of halogens is 1. The standard InChI is InChI=1S/C22H24BrN3O/c1-15-12-26(13-16-5-3-2-4-6-16)14-18(15)11-24-22(27)21-10-17-9-19(23)7-8-20(17)25-21/h2-10,15,18,25H,11-14H2,1H3,(H,24,27). The average molecular weight is 426 g/mol. The van der Waals surface area contributed by atoms with Crippen LogP contribution in [-0.4, -0.2) is 35.4 Å². The molecule has 0 spiro atoms. The summed E-state index contributed by atoms with van der Waals surface area (Å²) in [6, 6.07) is 18.5. The first-order chi connectivity index (χ1) is 13.1. The Hall–Kier alpha value is -2.11. The van der Waals surface area contributed by atoms with Gasteiger partial charge in [0, 0.05) is 41.6 Å². The quantitative estimate of drug-likeness (QED) is 0.634. The molecule has 27 heavy (non-hydrogen) atoms. The molecular formula is C22H24BrN3O. The molecule has 1 aromatic heterocycles. The number of carbonyl (C=O) groups is 1. The maximum atomic E-state index is 12.6. The Balaban J connectivity index is 1.34. The largest absolute Gasteiger partial charge is 0.351 e. The molecule has 2 aromatic carbocycles. The average Bonchev–Trinajstić information content (AvgIpc) is 3.23. The third-order valence-electron chi connectivity index (χ3n) is 5.44. The number of amides is 1. The maximum absolute atomic E-state index is 12.6. The van der Waals surface area contributed by atoms with Gasteiger partial charge >= 0.3 is 0 Å². The predicted molar refractivity (Wildman–Crippen MR) is 113 cm³/mol. The Kier molecular flexibility index (Phi) is 5.32. The number of aromatic amines is 1. The molecule has 0 radical (unpaired) electrons.